The molecule has 2 aromatic heterocycles. The first-order chi connectivity index (χ1) is 14.4. The quantitative estimate of drug-likeness (QED) is 0.559. The van der Waals surface area contributed by atoms with Gasteiger partial charge in [0.05, 0.1) is 30.6 Å². The van der Waals surface area contributed by atoms with E-state index in [0.717, 1.165) is 39.9 Å². The lowest BCUT2D eigenvalue weighted by molar-refractivity contribution is -0.0544. The fourth-order valence-electron chi connectivity index (χ4n) is 5.18. The molecule has 2 atom stereocenters. The van der Waals surface area contributed by atoms with E-state index in [-0.39, 0.29) is 18.4 Å². The average molecular weight is 408 g/mol. The van der Waals surface area contributed by atoms with Crippen LogP contribution in [-0.4, -0.2) is 27.9 Å². The lowest BCUT2D eigenvalue weighted by Gasteiger charge is -2.36. The Hall–Kier alpha value is -2.73. The predicted octanol–water partition coefficient (Wildman–Crippen LogP) is 3.88. The number of hydrogen-bond acceptors (Lipinski definition) is 4. The van der Waals surface area contributed by atoms with Gasteiger partial charge in [0.15, 0.2) is 0 Å². The van der Waals surface area contributed by atoms with Gasteiger partial charge in [0, 0.05) is 16.5 Å². The third-order valence-corrected chi connectivity index (χ3v) is 6.90. The highest BCUT2D eigenvalue weighted by Gasteiger charge is 2.44. The molecule has 0 fully saturated rings. The number of aliphatic hydroxyl groups is 1. The maximum Gasteiger partial charge on any atom is 0.254 e. The van der Waals surface area contributed by atoms with Crippen molar-refractivity contribution in [2.45, 2.75) is 57.8 Å². The molecule has 3 aromatic rings. The summed E-state index contributed by atoms with van der Waals surface area (Å²) in [6.45, 7) is 4.30. The number of nitrogens with zero attached hydrogens (tertiary/aromatic N) is 2. The number of fused-ring (bicyclic) bond motifs is 5. The second-order valence-corrected chi connectivity index (χ2v) is 8.25. The summed E-state index contributed by atoms with van der Waals surface area (Å²) in [5.74, 6) is 0.768. The Balaban J connectivity index is 1.80. The lowest BCUT2D eigenvalue weighted by Crippen LogP contribution is -2.44. The van der Waals surface area contributed by atoms with Gasteiger partial charge in [-0.25, -0.2) is 9.37 Å². The summed E-state index contributed by atoms with van der Waals surface area (Å²) < 4.78 is 21.8. The molecular formula is C24H25FN2O3. The highest BCUT2D eigenvalue weighted by atomic mass is 19.1. The van der Waals surface area contributed by atoms with E-state index in [1.165, 1.54) is 0 Å². The van der Waals surface area contributed by atoms with Gasteiger partial charge in [0.25, 0.3) is 5.56 Å². The average Bonchev–Trinajstić information content (AvgIpc) is 3.13. The van der Waals surface area contributed by atoms with Crippen LogP contribution < -0.4 is 10.3 Å². The van der Waals surface area contributed by atoms with Crippen molar-refractivity contribution in [3.8, 4) is 17.1 Å². The van der Waals surface area contributed by atoms with Gasteiger partial charge in [-0.1, -0.05) is 13.8 Å². The molecule has 1 aromatic carbocycles. The van der Waals surface area contributed by atoms with Gasteiger partial charge in [0.2, 0.25) is 0 Å². The number of ether oxygens (including phenoxy) is 1. The van der Waals surface area contributed by atoms with Crippen molar-refractivity contribution in [1.29, 1.82) is 0 Å². The van der Waals surface area contributed by atoms with Gasteiger partial charge in [0.1, 0.15) is 17.5 Å². The highest BCUT2D eigenvalue weighted by molar-refractivity contribution is 5.89. The molecule has 0 bridgehead atoms. The lowest BCUT2D eigenvalue weighted by atomic mass is 9.76. The molecule has 0 saturated carbocycles. The number of halogens is 1. The van der Waals surface area contributed by atoms with Gasteiger partial charge in [-0.05, 0) is 61.1 Å². The molecule has 2 aliphatic rings. The van der Waals surface area contributed by atoms with Crippen molar-refractivity contribution in [2.24, 2.45) is 0 Å². The molecule has 3 heterocycles. The minimum Gasteiger partial charge on any atom is -0.497 e. The highest BCUT2D eigenvalue weighted by Crippen LogP contribution is 2.43. The van der Waals surface area contributed by atoms with Crippen molar-refractivity contribution in [1.82, 2.24) is 9.55 Å². The van der Waals surface area contributed by atoms with Gasteiger partial charge in [-0.15, -0.1) is 0 Å². The standard InChI is InChI=1S/C24H25FN2O3/c1-4-14-16-10-13(30-3)6-8-19(16)26-22-17(14)12-27-20(22)11-18-15(23(27)28)7-9-21(25)24(18,29)5-2/h6,8,10-11,21,29H,4-5,7,9,12H2,1-3H3/t21-,24+/m1/s1. The molecule has 5 nitrogen and oxygen atoms in total. The molecule has 5 rings (SSSR count). The van der Waals surface area contributed by atoms with E-state index in [1.807, 2.05) is 18.2 Å². The van der Waals surface area contributed by atoms with Crippen molar-refractivity contribution >= 4 is 10.9 Å². The van der Waals surface area contributed by atoms with E-state index in [2.05, 4.69) is 6.92 Å². The molecular weight excluding hydrogens is 383 g/mol. The number of rotatable bonds is 3. The number of hydrogen-bond donors (Lipinski definition) is 1. The fourth-order valence-corrected chi connectivity index (χ4v) is 5.18. The zero-order valence-electron chi connectivity index (χ0n) is 17.5. The minimum atomic E-state index is -1.62. The Bertz CT molecular complexity index is 1250. The van der Waals surface area contributed by atoms with Crippen LogP contribution in [-0.2, 0) is 25.0 Å². The Kier molecular flexibility index (Phi) is 4.26. The van der Waals surface area contributed by atoms with Crippen LogP contribution >= 0.6 is 0 Å². The summed E-state index contributed by atoms with van der Waals surface area (Å²) in [6, 6.07) is 7.59. The summed E-state index contributed by atoms with van der Waals surface area (Å²) in [4.78, 5) is 18.2. The zero-order chi connectivity index (χ0) is 21.2. The van der Waals surface area contributed by atoms with Gasteiger partial charge >= 0.3 is 0 Å². The minimum absolute atomic E-state index is 0.136. The number of pyridine rings is 2. The predicted molar refractivity (Wildman–Crippen MR) is 114 cm³/mol. The fraction of sp³-hybridized carbons (Fsp3) is 0.417. The van der Waals surface area contributed by atoms with Crippen LogP contribution in [0.1, 0.15) is 48.9 Å². The Morgan fingerprint density at radius 1 is 1.30 bits per heavy atom. The van der Waals surface area contributed by atoms with Crippen molar-refractivity contribution in [2.75, 3.05) is 7.11 Å². The van der Waals surface area contributed by atoms with Gasteiger partial charge in [-0.3, -0.25) is 4.79 Å². The number of aromatic nitrogens is 2. The molecule has 1 aliphatic carbocycles. The Morgan fingerprint density at radius 3 is 2.80 bits per heavy atom. The Morgan fingerprint density at radius 2 is 2.10 bits per heavy atom. The molecule has 0 unspecified atom stereocenters. The monoisotopic (exact) mass is 408 g/mol. The summed E-state index contributed by atoms with van der Waals surface area (Å²) in [6.07, 6.45) is 0.161. The summed E-state index contributed by atoms with van der Waals surface area (Å²) >= 11 is 0. The smallest absolute Gasteiger partial charge is 0.254 e. The first kappa shape index (κ1) is 19.2. The second kappa shape index (κ2) is 6.64. The van der Waals surface area contributed by atoms with E-state index in [4.69, 9.17) is 9.72 Å². The van der Waals surface area contributed by atoms with E-state index in [1.54, 1.807) is 24.7 Å². The van der Waals surface area contributed by atoms with Crippen molar-refractivity contribution in [3.63, 3.8) is 0 Å². The summed E-state index contributed by atoms with van der Waals surface area (Å²) in [5, 5.41) is 12.1. The van der Waals surface area contributed by atoms with Crippen LogP contribution in [0.4, 0.5) is 4.39 Å². The van der Waals surface area contributed by atoms with Crippen LogP contribution in [0.5, 0.6) is 5.75 Å². The van der Waals surface area contributed by atoms with Crippen LogP contribution in [0.2, 0.25) is 0 Å². The van der Waals surface area contributed by atoms with Crippen molar-refractivity contribution < 1.29 is 14.2 Å². The first-order valence-corrected chi connectivity index (χ1v) is 10.6. The molecule has 30 heavy (non-hydrogen) atoms. The van der Waals surface area contributed by atoms with Crippen LogP contribution in [0, 0.1) is 0 Å². The molecule has 0 amide bonds. The second-order valence-electron chi connectivity index (χ2n) is 8.25. The SMILES string of the molecule is CCc1c2c(nc3ccc(OC)cc13)-c1cc3c(c(=O)n1C2)CC[C@@H](F)[C@]3(O)CC. The molecule has 156 valence electrons. The number of methoxy groups -OCH3 is 1. The summed E-state index contributed by atoms with van der Waals surface area (Å²) in [7, 11) is 1.64. The Labute approximate surface area is 174 Å². The number of aryl methyl sites for hydroxylation is 1. The third kappa shape index (κ3) is 2.43. The molecule has 1 N–H and O–H groups in total. The third-order valence-electron chi connectivity index (χ3n) is 6.90. The van der Waals surface area contributed by atoms with E-state index >= 15 is 0 Å². The van der Waals surface area contributed by atoms with Crippen LogP contribution in [0.15, 0.2) is 29.1 Å². The van der Waals surface area contributed by atoms with E-state index in [0.29, 0.717) is 29.8 Å². The van der Waals surface area contributed by atoms with Gasteiger partial charge < -0.3 is 14.4 Å². The maximum absolute atomic E-state index is 14.7. The largest absolute Gasteiger partial charge is 0.497 e. The van der Waals surface area contributed by atoms with Gasteiger partial charge in [-0.2, -0.15) is 0 Å². The zero-order valence-corrected chi connectivity index (χ0v) is 17.5. The molecule has 0 saturated heterocycles. The number of alkyl halides is 1. The number of benzene rings is 1. The summed E-state index contributed by atoms with van der Waals surface area (Å²) in [5.41, 5.74) is 3.63. The van der Waals surface area contributed by atoms with E-state index < -0.39 is 11.8 Å². The maximum atomic E-state index is 14.7. The molecule has 1 aliphatic heterocycles. The normalized spacial score (nSPS) is 22.0. The van der Waals surface area contributed by atoms with Crippen LogP contribution in [0.3, 0.4) is 0 Å². The molecule has 0 radical (unpaired) electrons. The topological polar surface area (TPSA) is 64.3 Å². The first-order valence-electron chi connectivity index (χ1n) is 10.6. The molecule has 0 spiro atoms. The van der Waals surface area contributed by atoms with Crippen LogP contribution in [0.25, 0.3) is 22.3 Å². The van der Waals surface area contributed by atoms with E-state index in [9.17, 15) is 14.3 Å². The van der Waals surface area contributed by atoms with Crippen molar-refractivity contribution in [3.05, 3.63) is 56.9 Å². The molecule has 6 heteroatoms.